The summed E-state index contributed by atoms with van der Waals surface area (Å²) in [6.07, 6.45) is 0. The third-order valence-electron chi connectivity index (χ3n) is 5.29. The first-order chi connectivity index (χ1) is 16.4. The van der Waals surface area contributed by atoms with E-state index in [2.05, 4.69) is 0 Å². The van der Waals surface area contributed by atoms with Gasteiger partial charge in [0.25, 0.3) is 0 Å². The summed E-state index contributed by atoms with van der Waals surface area (Å²) in [6.45, 7) is 0. The average Bonchev–Trinajstić information content (AvgIpc) is 2.84. The Bertz CT molecular complexity index is 1600. The molecule has 0 unspecified atom stereocenters. The monoisotopic (exact) mass is 490 g/mol. The molecule has 0 spiro atoms. The Labute approximate surface area is 197 Å². The first kappa shape index (κ1) is 21.9. The Morgan fingerprint density at radius 3 is 1.21 bits per heavy atom. The fourth-order valence-corrected chi connectivity index (χ4v) is 6.07. The molecule has 0 atom stereocenters. The molecular formula is C26H18O6S2. The summed E-state index contributed by atoms with van der Waals surface area (Å²) in [5.41, 5.74) is 0. The zero-order valence-electron chi connectivity index (χ0n) is 17.7. The number of hydrogen-bond donors (Lipinski definition) is 0. The molecule has 0 aliphatic carbocycles. The second kappa shape index (κ2) is 8.48. The van der Waals surface area contributed by atoms with Crippen molar-refractivity contribution in [2.45, 2.75) is 9.79 Å². The van der Waals surface area contributed by atoms with Crippen molar-refractivity contribution < 1.29 is 25.2 Å². The normalized spacial score (nSPS) is 12.0. The van der Waals surface area contributed by atoms with E-state index in [1.54, 1.807) is 72.8 Å². The van der Waals surface area contributed by atoms with Crippen LogP contribution in [0.5, 0.6) is 11.5 Å². The SMILES string of the molecule is O=S(=O)(Oc1ccccc1OS(=O)(=O)c1cccc2ccccc12)c1cccc2ccccc12. The van der Waals surface area contributed by atoms with Crippen molar-refractivity contribution in [2.24, 2.45) is 0 Å². The van der Waals surface area contributed by atoms with Crippen LogP contribution in [0.3, 0.4) is 0 Å². The standard InChI is InChI=1S/C26H18O6S2/c27-33(28,25-17-7-11-19-9-1-3-13-21(19)25)31-23-15-5-6-16-24(23)32-34(29,30)26-18-8-12-20-10-2-4-14-22(20)26/h1-18H. The summed E-state index contributed by atoms with van der Waals surface area (Å²) in [5.74, 6) is -0.474. The molecule has 0 aliphatic rings. The molecule has 6 nitrogen and oxygen atoms in total. The maximum atomic E-state index is 13.2. The number of benzene rings is 5. The van der Waals surface area contributed by atoms with Crippen molar-refractivity contribution in [1.82, 2.24) is 0 Å². The molecule has 34 heavy (non-hydrogen) atoms. The van der Waals surface area contributed by atoms with Crippen molar-refractivity contribution >= 4 is 41.8 Å². The van der Waals surface area contributed by atoms with E-state index in [0.29, 0.717) is 10.8 Å². The minimum Gasteiger partial charge on any atom is -0.375 e. The summed E-state index contributed by atoms with van der Waals surface area (Å²) in [7, 11) is -8.58. The fourth-order valence-electron chi connectivity index (χ4n) is 3.74. The van der Waals surface area contributed by atoms with Crippen molar-refractivity contribution in [3.8, 4) is 11.5 Å². The summed E-state index contributed by atoms with van der Waals surface area (Å²) in [5, 5.41) is 2.45. The van der Waals surface area contributed by atoms with Gasteiger partial charge in [0.1, 0.15) is 9.79 Å². The van der Waals surface area contributed by atoms with E-state index in [1.807, 2.05) is 0 Å². The smallest absolute Gasteiger partial charge is 0.339 e. The van der Waals surface area contributed by atoms with E-state index >= 15 is 0 Å². The molecule has 0 N–H and O–H groups in total. The Morgan fingerprint density at radius 2 is 0.765 bits per heavy atom. The molecule has 0 saturated heterocycles. The lowest BCUT2D eigenvalue weighted by atomic mass is 10.1. The summed E-state index contributed by atoms with van der Waals surface area (Å²) in [4.78, 5) is -0.0605. The number of hydrogen-bond acceptors (Lipinski definition) is 6. The van der Waals surface area contributed by atoms with Gasteiger partial charge in [0.05, 0.1) is 0 Å². The Balaban J connectivity index is 1.53. The van der Waals surface area contributed by atoms with Crippen LogP contribution in [0.1, 0.15) is 0 Å². The molecule has 5 aromatic rings. The van der Waals surface area contributed by atoms with Crippen LogP contribution in [0, 0.1) is 0 Å². The summed E-state index contributed by atoms with van der Waals surface area (Å²) < 4.78 is 63.4. The van der Waals surface area contributed by atoms with Crippen LogP contribution in [0.4, 0.5) is 0 Å². The van der Waals surface area contributed by atoms with E-state index in [1.165, 1.54) is 36.4 Å². The quantitative estimate of drug-likeness (QED) is 0.291. The van der Waals surface area contributed by atoms with Gasteiger partial charge in [-0.1, -0.05) is 84.9 Å². The fraction of sp³-hybridized carbons (Fsp3) is 0. The molecule has 0 bridgehead atoms. The third-order valence-corrected chi connectivity index (χ3v) is 7.87. The van der Waals surface area contributed by atoms with Gasteiger partial charge in [-0.2, -0.15) is 16.8 Å². The maximum absolute atomic E-state index is 13.2. The van der Waals surface area contributed by atoms with Crippen LogP contribution in [-0.2, 0) is 20.2 Å². The van der Waals surface area contributed by atoms with Gasteiger partial charge in [0.15, 0.2) is 11.5 Å². The summed E-state index contributed by atoms with van der Waals surface area (Å²) >= 11 is 0. The van der Waals surface area contributed by atoms with Crippen molar-refractivity contribution in [3.05, 3.63) is 109 Å². The number of fused-ring (bicyclic) bond motifs is 2. The highest BCUT2D eigenvalue weighted by Gasteiger charge is 2.25. The minimum absolute atomic E-state index is 0.0303. The predicted molar refractivity (Wildman–Crippen MR) is 130 cm³/mol. The molecule has 0 fully saturated rings. The van der Waals surface area contributed by atoms with E-state index in [-0.39, 0.29) is 21.3 Å². The van der Waals surface area contributed by atoms with E-state index < -0.39 is 20.2 Å². The lowest BCUT2D eigenvalue weighted by molar-refractivity contribution is 0.450. The lowest BCUT2D eigenvalue weighted by Gasteiger charge is -2.14. The molecule has 0 amide bonds. The van der Waals surface area contributed by atoms with Crippen LogP contribution in [0.2, 0.25) is 0 Å². The first-order valence-electron chi connectivity index (χ1n) is 10.3. The van der Waals surface area contributed by atoms with E-state index in [0.717, 1.165) is 10.8 Å². The van der Waals surface area contributed by atoms with Gasteiger partial charge in [-0.15, -0.1) is 0 Å². The van der Waals surface area contributed by atoms with E-state index in [4.69, 9.17) is 8.37 Å². The van der Waals surface area contributed by atoms with E-state index in [9.17, 15) is 16.8 Å². The molecule has 0 aliphatic heterocycles. The van der Waals surface area contributed by atoms with Crippen LogP contribution in [0.25, 0.3) is 21.5 Å². The highest BCUT2D eigenvalue weighted by Crippen LogP contribution is 2.34. The molecule has 0 aromatic heterocycles. The third kappa shape index (κ3) is 4.09. The number of para-hydroxylation sites is 2. The second-order valence-electron chi connectivity index (χ2n) is 7.48. The Hall–Kier alpha value is -3.88. The highest BCUT2D eigenvalue weighted by atomic mass is 32.2. The number of rotatable bonds is 6. The topological polar surface area (TPSA) is 86.7 Å². The van der Waals surface area contributed by atoms with Crippen LogP contribution in [0.15, 0.2) is 119 Å². The Kier molecular flexibility index (Phi) is 5.47. The second-order valence-corrected chi connectivity index (χ2v) is 10.5. The van der Waals surface area contributed by atoms with Crippen LogP contribution >= 0.6 is 0 Å². The van der Waals surface area contributed by atoms with Crippen LogP contribution in [-0.4, -0.2) is 16.8 Å². The van der Waals surface area contributed by atoms with Gasteiger partial charge in [0.2, 0.25) is 0 Å². The molecule has 170 valence electrons. The van der Waals surface area contributed by atoms with Gasteiger partial charge in [0, 0.05) is 10.8 Å². The minimum atomic E-state index is -4.29. The van der Waals surface area contributed by atoms with Crippen molar-refractivity contribution in [3.63, 3.8) is 0 Å². The Morgan fingerprint density at radius 1 is 0.412 bits per heavy atom. The van der Waals surface area contributed by atoms with Gasteiger partial charge in [-0.05, 0) is 35.0 Å². The molecule has 0 radical (unpaired) electrons. The van der Waals surface area contributed by atoms with Gasteiger partial charge in [-0.25, -0.2) is 0 Å². The van der Waals surface area contributed by atoms with Gasteiger partial charge in [-0.3, -0.25) is 0 Å². The van der Waals surface area contributed by atoms with Crippen LogP contribution < -0.4 is 8.37 Å². The zero-order chi connectivity index (χ0) is 23.8. The lowest BCUT2D eigenvalue weighted by Crippen LogP contribution is -2.14. The van der Waals surface area contributed by atoms with Gasteiger partial charge < -0.3 is 8.37 Å². The molecule has 0 heterocycles. The maximum Gasteiger partial charge on any atom is 0.339 e. The molecule has 5 aromatic carbocycles. The summed E-state index contributed by atoms with van der Waals surface area (Å²) in [6, 6.07) is 29.5. The molecule has 0 saturated carbocycles. The van der Waals surface area contributed by atoms with Gasteiger partial charge >= 0.3 is 20.2 Å². The average molecular weight is 491 g/mol. The molecule has 8 heteroatoms. The van der Waals surface area contributed by atoms with Crippen molar-refractivity contribution in [2.75, 3.05) is 0 Å². The van der Waals surface area contributed by atoms with Crippen molar-refractivity contribution in [1.29, 1.82) is 0 Å². The predicted octanol–water partition coefficient (Wildman–Crippen LogP) is 5.53. The largest absolute Gasteiger partial charge is 0.375 e. The zero-order valence-corrected chi connectivity index (χ0v) is 19.3. The molecular weight excluding hydrogens is 472 g/mol. The molecule has 5 rings (SSSR count). The highest BCUT2D eigenvalue weighted by molar-refractivity contribution is 7.87. The first-order valence-corrected chi connectivity index (χ1v) is 13.1.